The van der Waals surface area contributed by atoms with Crippen LogP contribution in [0.4, 0.5) is 8.78 Å². The second-order valence-corrected chi connectivity index (χ2v) is 5.42. The van der Waals surface area contributed by atoms with E-state index in [1.165, 1.54) is 12.1 Å². The van der Waals surface area contributed by atoms with Gasteiger partial charge in [0, 0.05) is 24.3 Å². The molecule has 1 aromatic carbocycles. The molecule has 1 aliphatic heterocycles. The Hall–Kier alpha value is -1.00. The number of nitrogens with one attached hydrogen (secondary N) is 1. The molecule has 1 heterocycles. The first-order valence-corrected chi connectivity index (χ1v) is 6.78. The molecule has 0 aliphatic carbocycles. The van der Waals surface area contributed by atoms with Gasteiger partial charge in [0.05, 0.1) is 6.61 Å². The van der Waals surface area contributed by atoms with Crippen molar-refractivity contribution < 1.29 is 13.5 Å². The van der Waals surface area contributed by atoms with Gasteiger partial charge >= 0.3 is 0 Å². The minimum atomic E-state index is -0.359. The molecule has 0 saturated carbocycles. The van der Waals surface area contributed by atoms with Gasteiger partial charge in [-0.05, 0) is 50.8 Å². The van der Waals surface area contributed by atoms with E-state index in [0.717, 1.165) is 19.6 Å². The van der Waals surface area contributed by atoms with E-state index < -0.39 is 0 Å². The van der Waals surface area contributed by atoms with Crippen LogP contribution in [-0.4, -0.2) is 19.3 Å². The molecule has 0 aromatic heterocycles. The van der Waals surface area contributed by atoms with E-state index >= 15 is 0 Å². The van der Waals surface area contributed by atoms with Crippen LogP contribution in [0.15, 0.2) is 12.1 Å². The number of aryl methyl sites for hydroxylation is 1. The van der Waals surface area contributed by atoms with E-state index in [2.05, 4.69) is 12.2 Å². The number of benzene rings is 1. The molecule has 4 heteroatoms. The van der Waals surface area contributed by atoms with Gasteiger partial charge in [-0.25, -0.2) is 8.78 Å². The van der Waals surface area contributed by atoms with Crippen LogP contribution in [0.1, 0.15) is 37.4 Å². The van der Waals surface area contributed by atoms with E-state index in [0.29, 0.717) is 17.0 Å². The van der Waals surface area contributed by atoms with Crippen molar-refractivity contribution in [3.8, 4) is 0 Å². The maximum absolute atomic E-state index is 13.9. The van der Waals surface area contributed by atoms with Gasteiger partial charge in [0.2, 0.25) is 0 Å². The van der Waals surface area contributed by atoms with Crippen molar-refractivity contribution in [2.24, 2.45) is 5.92 Å². The summed E-state index contributed by atoms with van der Waals surface area (Å²) in [4.78, 5) is 0. The lowest BCUT2D eigenvalue weighted by Gasteiger charge is -2.24. The highest BCUT2D eigenvalue weighted by atomic mass is 19.1. The molecule has 0 radical (unpaired) electrons. The predicted molar refractivity (Wildman–Crippen MR) is 71.0 cm³/mol. The number of ether oxygens (including phenoxy) is 1. The van der Waals surface area contributed by atoms with E-state index in [9.17, 15) is 8.78 Å². The monoisotopic (exact) mass is 269 g/mol. The normalized spacial score (nSPS) is 22.5. The Morgan fingerprint density at radius 1 is 1.26 bits per heavy atom. The Balaban J connectivity index is 2.06. The van der Waals surface area contributed by atoms with Crippen molar-refractivity contribution in [3.05, 3.63) is 34.9 Å². The number of hydrogen-bond donors (Lipinski definition) is 1. The summed E-state index contributed by atoms with van der Waals surface area (Å²) in [6.45, 7) is 7.03. The highest BCUT2D eigenvalue weighted by Gasteiger charge is 2.24. The van der Waals surface area contributed by atoms with Crippen LogP contribution in [0, 0.1) is 24.5 Å². The van der Waals surface area contributed by atoms with Crippen molar-refractivity contribution in [2.45, 2.75) is 39.3 Å². The average molecular weight is 269 g/mol. The molecule has 3 unspecified atom stereocenters. The zero-order valence-electron chi connectivity index (χ0n) is 11.7. The van der Waals surface area contributed by atoms with Gasteiger partial charge in [0.1, 0.15) is 11.6 Å². The zero-order chi connectivity index (χ0) is 14.0. The summed E-state index contributed by atoms with van der Waals surface area (Å²) < 4.78 is 32.8. The van der Waals surface area contributed by atoms with Crippen LogP contribution in [0.2, 0.25) is 0 Å². The first kappa shape index (κ1) is 14.4. The van der Waals surface area contributed by atoms with Crippen LogP contribution in [-0.2, 0) is 4.74 Å². The Bertz CT molecular complexity index is 444. The van der Waals surface area contributed by atoms with Crippen LogP contribution < -0.4 is 5.32 Å². The number of halogens is 2. The molecule has 2 rings (SSSR count). The molecule has 0 bridgehead atoms. The van der Waals surface area contributed by atoms with Gasteiger partial charge in [-0.15, -0.1) is 0 Å². The topological polar surface area (TPSA) is 21.3 Å². The molecule has 1 fully saturated rings. The first-order valence-electron chi connectivity index (χ1n) is 6.78. The maximum Gasteiger partial charge on any atom is 0.128 e. The van der Waals surface area contributed by atoms with Crippen LogP contribution in [0.5, 0.6) is 0 Å². The van der Waals surface area contributed by atoms with E-state index in [4.69, 9.17) is 4.74 Å². The fourth-order valence-corrected chi connectivity index (χ4v) is 2.56. The second kappa shape index (κ2) is 5.97. The molecule has 0 spiro atoms. The summed E-state index contributed by atoms with van der Waals surface area (Å²) >= 11 is 0. The van der Waals surface area contributed by atoms with Crippen molar-refractivity contribution in [1.29, 1.82) is 0 Å². The third-order valence-electron chi connectivity index (χ3n) is 3.93. The van der Waals surface area contributed by atoms with E-state index in [1.807, 2.05) is 6.92 Å². The van der Waals surface area contributed by atoms with Crippen molar-refractivity contribution >= 4 is 0 Å². The van der Waals surface area contributed by atoms with Crippen molar-refractivity contribution in [2.75, 3.05) is 13.2 Å². The smallest absolute Gasteiger partial charge is 0.128 e. The standard InChI is InChI=1S/C15H21F2NO/c1-9-6-15(17)13(7-14(9)16)11(3)18-10(2)12-4-5-19-8-12/h6-7,10-12,18H,4-5,8H2,1-3H3. The zero-order valence-corrected chi connectivity index (χ0v) is 11.7. The van der Waals surface area contributed by atoms with E-state index in [-0.39, 0.29) is 23.7 Å². The summed E-state index contributed by atoms with van der Waals surface area (Å²) in [5, 5.41) is 3.34. The maximum atomic E-state index is 13.9. The van der Waals surface area contributed by atoms with Crippen LogP contribution in [0.3, 0.4) is 0 Å². The van der Waals surface area contributed by atoms with E-state index in [1.54, 1.807) is 6.92 Å². The highest BCUT2D eigenvalue weighted by Crippen LogP contribution is 2.23. The van der Waals surface area contributed by atoms with Gasteiger partial charge in [-0.3, -0.25) is 0 Å². The molecular formula is C15H21F2NO. The molecule has 3 atom stereocenters. The molecule has 1 aromatic rings. The average Bonchev–Trinajstić information content (AvgIpc) is 2.87. The molecule has 1 saturated heterocycles. The summed E-state index contributed by atoms with van der Waals surface area (Å²) in [5.74, 6) is -0.267. The summed E-state index contributed by atoms with van der Waals surface area (Å²) in [6.07, 6.45) is 1.02. The van der Waals surface area contributed by atoms with Gasteiger partial charge in [-0.1, -0.05) is 0 Å². The molecule has 2 nitrogen and oxygen atoms in total. The molecule has 1 N–H and O–H groups in total. The Morgan fingerprint density at radius 2 is 2.00 bits per heavy atom. The fourth-order valence-electron chi connectivity index (χ4n) is 2.56. The van der Waals surface area contributed by atoms with Crippen molar-refractivity contribution in [3.63, 3.8) is 0 Å². The molecular weight excluding hydrogens is 248 g/mol. The van der Waals surface area contributed by atoms with Gasteiger partial charge < -0.3 is 10.1 Å². The Morgan fingerprint density at radius 3 is 2.63 bits per heavy atom. The first-order chi connectivity index (χ1) is 8.99. The third kappa shape index (κ3) is 3.31. The second-order valence-electron chi connectivity index (χ2n) is 5.42. The SMILES string of the molecule is Cc1cc(F)c(C(C)NC(C)C2CCOC2)cc1F. The number of rotatable bonds is 4. The minimum Gasteiger partial charge on any atom is -0.381 e. The lowest BCUT2D eigenvalue weighted by Crippen LogP contribution is -2.36. The lowest BCUT2D eigenvalue weighted by molar-refractivity contribution is 0.177. The third-order valence-corrected chi connectivity index (χ3v) is 3.93. The van der Waals surface area contributed by atoms with Crippen molar-refractivity contribution in [1.82, 2.24) is 5.32 Å². The summed E-state index contributed by atoms with van der Waals surface area (Å²) in [7, 11) is 0. The van der Waals surface area contributed by atoms with Crippen LogP contribution in [0.25, 0.3) is 0 Å². The largest absolute Gasteiger partial charge is 0.381 e. The molecule has 19 heavy (non-hydrogen) atoms. The molecule has 1 aliphatic rings. The summed E-state index contributed by atoms with van der Waals surface area (Å²) in [6, 6.07) is 2.55. The molecule has 0 amide bonds. The minimum absolute atomic E-state index is 0.217. The van der Waals surface area contributed by atoms with Gasteiger partial charge in [0.25, 0.3) is 0 Å². The Labute approximate surface area is 113 Å². The van der Waals surface area contributed by atoms with Crippen LogP contribution >= 0.6 is 0 Å². The summed E-state index contributed by atoms with van der Waals surface area (Å²) in [5.41, 5.74) is 0.722. The lowest BCUT2D eigenvalue weighted by atomic mass is 9.98. The van der Waals surface area contributed by atoms with Gasteiger partial charge in [0.15, 0.2) is 0 Å². The fraction of sp³-hybridized carbons (Fsp3) is 0.600. The predicted octanol–water partition coefficient (Wildman–Crippen LogP) is 3.35. The molecule has 106 valence electrons. The Kier molecular flexibility index (Phi) is 4.53. The quantitative estimate of drug-likeness (QED) is 0.905. The van der Waals surface area contributed by atoms with Gasteiger partial charge in [-0.2, -0.15) is 0 Å². The highest BCUT2D eigenvalue weighted by molar-refractivity contribution is 5.27. The number of hydrogen-bond acceptors (Lipinski definition) is 2.